The second-order valence-corrected chi connectivity index (χ2v) is 6.64. The van der Waals surface area contributed by atoms with Gasteiger partial charge in [-0.25, -0.2) is 23.5 Å². The summed E-state index contributed by atoms with van der Waals surface area (Å²) in [4.78, 5) is 19.6. The van der Waals surface area contributed by atoms with Gasteiger partial charge in [0.2, 0.25) is 5.82 Å². The Morgan fingerprint density at radius 2 is 1.94 bits per heavy atom. The summed E-state index contributed by atoms with van der Waals surface area (Å²) < 4.78 is 49.2. The summed E-state index contributed by atoms with van der Waals surface area (Å²) in [6.45, 7) is 1.47. The lowest BCUT2D eigenvalue weighted by molar-refractivity contribution is 0.0691. The van der Waals surface area contributed by atoms with Crippen molar-refractivity contribution >= 4 is 23.1 Å². The molecule has 0 saturated carbocycles. The molecule has 2 heterocycles. The number of hydrogen-bond donors (Lipinski definition) is 2. The standard InChI is InChI=1S/C21H15F3N4O3/c1-10-7-11(8-13(22)16(10)21(29)30)27-19-20-26-9-14(28(20)6-5-25-19)12-3-4-15(31-2)18(24)17(12)23/h3-9H,1-2H3,(H,25,27)(H,29,30). The molecule has 0 aliphatic heterocycles. The van der Waals surface area contributed by atoms with E-state index >= 15 is 0 Å². The van der Waals surface area contributed by atoms with Gasteiger partial charge in [-0.3, -0.25) is 4.40 Å². The van der Waals surface area contributed by atoms with Crippen molar-refractivity contribution in [3.8, 4) is 17.0 Å². The van der Waals surface area contributed by atoms with Crippen molar-refractivity contribution < 1.29 is 27.8 Å². The SMILES string of the molecule is COc1ccc(-c2cnc3c(Nc4cc(C)c(C(=O)O)c(F)c4)nccn23)c(F)c1F. The number of halogens is 3. The van der Waals surface area contributed by atoms with Gasteiger partial charge in [-0.1, -0.05) is 0 Å². The zero-order valence-electron chi connectivity index (χ0n) is 16.3. The summed E-state index contributed by atoms with van der Waals surface area (Å²) in [6.07, 6.45) is 4.28. The van der Waals surface area contributed by atoms with Crippen LogP contribution in [-0.4, -0.2) is 32.6 Å². The number of methoxy groups -OCH3 is 1. The van der Waals surface area contributed by atoms with Crippen LogP contribution in [0.25, 0.3) is 16.9 Å². The molecular weight excluding hydrogens is 413 g/mol. The molecule has 4 rings (SSSR count). The average molecular weight is 428 g/mol. The van der Waals surface area contributed by atoms with Gasteiger partial charge in [0.1, 0.15) is 5.82 Å². The Labute approximate surface area is 173 Å². The Balaban J connectivity index is 1.77. The summed E-state index contributed by atoms with van der Waals surface area (Å²) in [6, 6.07) is 5.17. The molecule has 0 saturated heterocycles. The lowest BCUT2D eigenvalue weighted by atomic mass is 10.1. The highest BCUT2D eigenvalue weighted by atomic mass is 19.2. The van der Waals surface area contributed by atoms with Crippen LogP contribution in [0, 0.1) is 24.4 Å². The highest BCUT2D eigenvalue weighted by molar-refractivity contribution is 5.90. The van der Waals surface area contributed by atoms with Crippen molar-refractivity contribution in [1.29, 1.82) is 0 Å². The van der Waals surface area contributed by atoms with Crippen LogP contribution in [0.3, 0.4) is 0 Å². The molecule has 0 atom stereocenters. The molecule has 2 N–H and O–H groups in total. The smallest absolute Gasteiger partial charge is 0.338 e. The molecule has 31 heavy (non-hydrogen) atoms. The Hall–Kier alpha value is -4.08. The monoisotopic (exact) mass is 428 g/mol. The number of anilines is 2. The van der Waals surface area contributed by atoms with Crippen molar-refractivity contribution in [1.82, 2.24) is 14.4 Å². The molecule has 158 valence electrons. The highest BCUT2D eigenvalue weighted by Crippen LogP contribution is 2.31. The van der Waals surface area contributed by atoms with E-state index in [0.717, 1.165) is 6.07 Å². The molecule has 0 radical (unpaired) electrons. The number of benzene rings is 2. The fraction of sp³-hybridized carbons (Fsp3) is 0.0952. The van der Waals surface area contributed by atoms with Crippen LogP contribution in [0.1, 0.15) is 15.9 Å². The first-order chi connectivity index (χ1) is 14.8. The third-order valence-corrected chi connectivity index (χ3v) is 4.73. The molecule has 7 nitrogen and oxygen atoms in total. The largest absolute Gasteiger partial charge is 0.494 e. The summed E-state index contributed by atoms with van der Waals surface area (Å²) in [5.41, 5.74) is 0.567. The first-order valence-corrected chi connectivity index (χ1v) is 8.96. The molecule has 0 aliphatic carbocycles. The number of carboxylic acid groups (broad SMARTS) is 1. The maximum Gasteiger partial charge on any atom is 0.338 e. The topological polar surface area (TPSA) is 88.8 Å². The zero-order chi connectivity index (χ0) is 22.3. The number of fused-ring (bicyclic) bond motifs is 1. The number of aromatic nitrogens is 3. The Morgan fingerprint density at radius 1 is 1.16 bits per heavy atom. The number of hydrogen-bond acceptors (Lipinski definition) is 5. The van der Waals surface area contributed by atoms with Gasteiger partial charge < -0.3 is 15.2 Å². The number of aryl methyl sites for hydroxylation is 1. The minimum absolute atomic E-state index is 0.0318. The molecule has 4 aromatic rings. The van der Waals surface area contributed by atoms with Crippen LogP contribution in [0.4, 0.5) is 24.7 Å². The van der Waals surface area contributed by atoms with Crippen LogP contribution in [0.2, 0.25) is 0 Å². The Bertz CT molecular complexity index is 1310. The molecule has 0 unspecified atom stereocenters. The van der Waals surface area contributed by atoms with Gasteiger partial charge in [0.15, 0.2) is 23.0 Å². The van der Waals surface area contributed by atoms with Crippen LogP contribution in [0.15, 0.2) is 42.9 Å². The van der Waals surface area contributed by atoms with E-state index in [1.54, 1.807) is 0 Å². The number of carbonyl (C=O) groups is 1. The predicted octanol–water partition coefficient (Wildman–Crippen LogP) is 4.57. The van der Waals surface area contributed by atoms with E-state index in [2.05, 4.69) is 15.3 Å². The van der Waals surface area contributed by atoms with Crippen LogP contribution < -0.4 is 10.1 Å². The number of imidazole rings is 1. The van der Waals surface area contributed by atoms with Crippen molar-refractivity contribution in [3.05, 3.63) is 71.4 Å². The molecular formula is C21H15F3N4O3. The Kier molecular flexibility index (Phi) is 4.97. The van der Waals surface area contributed by atoms with Crippen LogP contribution in [-0.2, 0) is 0 Å². The summed E-state index contributed by atoms with van der Waals surface area (Å²) in [7, 11) is 1.24. The summed E-state index contributed by atoms with van der Waals surface area (Å²) in [5.74, 6) is -4.48. The number of ether oxygens (including phenoxy) is 1. The van der Waals surface area contributed by atoms with Crippen LogP contribution in [0.5, 0.6) is 5.75 Å². The second-order valence-electron chi connectivity index (χ2n) is 6.64. The van der Waals surface area contributed by atoms with Gasteiger partial charge in [0, 0.05) is 23.6 Å². The molecule has 10 heteroatoms. The van der Waals surface area contributed by atoms with Gasteiger partial charge in [-0.15, -0.1) is 0 Å². The maximum atomic E-state index is 14.6. The highest BCUT2D eigenvalue weighted by Gasteiger charge is 2.20. The number of carboxylic acids is 1. The molecule has 0 bridgehead atoms. The van der Waals surface area contributed by atoms with Gasteiger partial charge >= 0.3 is 5.97 Å². The van der Waals surface area contributed by atoms with E-state index in [-0.39, 0.29) is 39.7 Å². The van der Waals surface area contributed by atoms with Gasteiger partial charge in [-0.2, -0.15) is 4.39 Å². The van der Waals surface area contributed by atoms with Crippen molar-refractivity contribution in [2.24, 2.45) is 0 Å². The lowest BCUT2D eigenvalue weighted by Crippen LogP contribution is -2.06. The third-order valence-electron chi connectivity index (χ3n) is 4.73. The first kappa shape index (κ1) is 20.2. The number of nitrogens with one attached hydrogen (secondary N) is 1. The van der Waals surface area contributed by atoms with Gasteiger partial charge in [0.05, 0.1) is 24.6 Å². The quantitative estimate of drug-likeness (QED) is 0.484. The van der Waals surface area contributed by atoms with Crippen molar-refractivity contribution in [3.63, 3.8) is 0 Å². The molecule has 0 amide bonds. The normalized spacial score (nSPS) is 11.0. The molecule has 2 aromatic carbocycles. The molecule has 0 spiro atoms. The van der Waals surface area contributed by atoms with E-state index in [4.69, 9.17) is 9.84 Å². The van der Waals surface area contributed by atoms with E-state index < -0.39 is 29.0 Å². The van der Waals surface area contributed by atoms with E-state index in [1.807, 2.05) is 0 Å². The summed E-state index contributed by atoms with van der Waals surface area (Å²) in [5, 5.41) is 12.0. The number of rotatable bonds is 5. The van der Waals surface area contributed by atoms with Gasteiger partial charge in [0.25, 0.3) is 0 Å². The molecule has 0 aliphatic rings. The Morgan fingerprint density at radius 3 is 2.61 bits per heavy atom. The van der Waals surface area contributed by atoms with Gasteiger partial charge in [-0.05, 0) is 36.8 Å². The minimum Gasteiger partial charge on any atom is -0.494 e. The van der Waals surface area contributed by atoms with E-state index in [1.165, 1.54) is 55.2 Å². The lowest BCUT2D eigenvalue weighted by Gasteiger charge is -2.11. The average Bonchev–Trinajstić information content (AvgIpc) is 3.14. The van der Waals surface area contributed by atoms with Crippen molar-refractivity contribution in [2.45, 2.75) is 6.92 Å². The fourth-order valence-electron chi connectivity index (χ4n) is 3.32. The molecule has 2 aromatic heterocycles. The maximum absolute atomic E-state index is 14.6. The second kappa shape index (κ2) is 7.63. The molecule has 0 fully saturated rings. The van der Waals surface area contributed by atoms with Crippen LogP contribution >= 0.6 is 0 Å². The zero-order valence-corrected chi connectivity index (χ0v) is 16.3. The predicted molar refractivity (Wildman–Crippen MR) is 106 cm³/mol. The number of aromatic carboxylic acids is 1. The minimum atomic E-state index is -1.37. The van der Waals surface area contributed by atoms with E-state index in [9.17, 15) is 18.0 Å². The third kappa shape index (κ3) is 3.41. The first-order valence-electron chi connectivity index (χ1n) is 8.96. The summed E-state index contributed by atoms with van der Waals surface area (Å²) >= 11 is 0. The number of nitrogens with zero attached hydrogens (tertiary/aromatic N) is 3. The fourth-order valence-corrected chi connectivity index (χ4v) is 3.32. The van der Waals surface area contributed by atoms with Crippen molar-refractivity contribution in [2.75, 3.05) is 12.4 Å². The van der Waals surface area contributed by atoms with E-state index in [0.29, 0.717) is 0 Å².